The van der Waals surface area contributed by atoms with Crippen molar-refractivity contribution in [1.29, 1.82) is 5.26 Å². The number of rotatable bonds is 10. The summed E-state index contributed by atoms with van der Waals surface area (Å²) in [5, 5.41) is 12.8. The molecule has 0 spiro atoms. The summed E-state index contributed by atoms with van der Waals surface area (Å²) in [6.07, 6.45) is 1.63. The minimum atomic E-state index is -3.88. The van der Waals surface area contributed by atoms with E-state index in [9.17, 15) is 18.5 Å². The fourth-order valence-electron chi connectivity index (χ4n) is 3.42. The highest BCUT2D eigenvalue weighted by Gasteiger charge is 2.16. The van der Waals surface area contributed by atoms with E-state index in [0.717, 1.165) is 11.3 Å². The van der Waals surface area contributed by atoms with Gasteiger partial charge in [0, 0.05) is 35.3 Å². The first-order valence-electron chi connectivity index (χ1n) is 11.7. The summed E-state index contributed by atoms with van der Waals surface area (Å²) in [6.45, 7) is 1.73. The average Bonchev–Trinajstić information content (AvgIpc) is 2.93. The maximum atomic E-state index is 12.6. The van der Waals surface area contributed by atoms with Gasteiger partial charge in [-0.25, -0.2) is 28.1 Å². The summed E-state index contributed by atoms with van der Waals surface area (Å²) in [6, 6.07) is 20.5. The van der Waals surface area contributed by atoms with Gasteiger partial charge in [0.15, 0.2) is 0 Å². The van der Waals surface area contributed by atoms with Gasteiger partial charge in [0.2, 0.25) is 11.9 Å². The van der Waals surface area contributed by atoms with Gasteiger partial charge in [0.05, 0.1) is 23.3 Å². The molecule has 0 aliphatic carbocycles. The van der Waals surface area contributed by atoms with Gasteiger partial charge in [-0.15, -0.1) is 11.8 Å². The first kappa shape index (κ1) is 27.6. The number of nitrogens with one attached hydrogen (secondary N) is 2. The fraction of sp³-hybridized carbons (Fsp3) is 0.148. The minimum Gasteiger partial charge on any atom is -0.497 e. The number of nitrogens with zero attached hydrogens (tertiary/aromatic N) is 4. The van der Waals surface area contributed by atoms with Crippen molar-refractivity contribution in [1.82, 2.24) is 15.0 Å². The number of benzene rings is 2. The second-order valence-corrected chi connectivity index (χ2v) is 11.0. The number of amides is 1. The van der Waals surface area contributed by atoms with Gasteiger partial charge in [-0.1, -0.05) is 0 Å². The molecule has 0 unspecified atom stereocenters. The predicted molar refractivity (Wildman–Crippen MR) is 149 cm³/mol. The van der Waals surface area contributed by atoms with Crippen LogP contribution >= 0.6 is 11.8 Å². The molecule has 0 radical (unpaired) electrons. The largest absolute Gasteiger partial charge is 0.497 e. The quantitative estimate of drug-likeness (QED) is 0.265. The topological polar surface area (TPSA) is 147 Å². The molecule has 2 aromatic carbocycles. The molecule has 0 atom stereocenters. The number of sulfonamides is 1. The predicted octanol–water partition coefficient (Wildman–Crippen LogP) is 4.65. The molecule has 12 heteroatoms. The van der Waals surface area contributed by atoms with Crippen molar-refractivity contribution in [2.24, 2.45) is 0 Å². The third-order valence-electron chi connectivity index (χ3n) is 5.40. The van der Waals surface area contributed by atoms with Crippen molar-refractivity contribution in [2.75, 3.05) is 22.9 Å². The Kier molecular flexibility index (Phi) is 8.75. The molecule has 4 aromatic rings. The lowest BCUT2D eigenvalue weighted by atomic mass is 10.1. The summed E-state index contributed by atoms with van der Waals surface area (Å²) in [5.74, 6) is 0.854. The van der Waals surface area contributed by atoms with Gasteiger partial charge < -0.3 is 10.1 Å². The Morgan fingerprint density at radius 1 is 1.03 bits per heavy atom. The van der Waals surface area contributed by atoms with Gasteiger partial charge in [-0.2, -0.15) is 5.26 Å². The number of carbonyl (C=O) groups excluding carboxylic acids is 1. The molecule has 39 heavy (non-hydrogen) atoms. The molecule has 2 aromatic heterocycles. The smallest absolute Gasteiger partial charge is 0.264 e. The number of nitriles is 1. The molecule has 198 valence electrons. The molecular weight excluding hydrogens is 536 g/mol. The second kappa shape index (κ2) is 12.4. The SMILES string of the molecule is COc1ccc(-c2ccc(C#N)c(SCCC(=O)Nc3ccc(S(=O)(=O)Nc4nccc(C)n4)cc3)n2)cc1. The lowest BCUT2D eigenvalue weighted by Gasteiger charge is -2.09. The summed E-state index contributed by atoms with van der Waals surface area (Å²) in [5.41, 5.74) is 3.10. The zero-order chi connectivity index (χ0) is 27.8. The van der Waals surface area contributed by atoms with Crippen LogP contribution in [0.1, 0.15) is 17.7 Å². The number of carbonyl (C=O) groups is 1. The maximum Gasteiger partial charge on any atom is 0.264 e. The highest BCUT2D eigenvalue weighted by molar-refractivity contribution is 7.99. The fourth-order valence-corrected chi connectivity index (χ4v) is 5.28. The molecule has 0 aliphatic heterocycles. The normalized spacial score (nSPS) is 10.9. The molecule has 4 rings (SSSR count). The summed E-state index contributed by atoms with van der Waals surface area (Å²) in [4.78, 5) is 25.1. The molecule has 0 fully saturated rings. The monoisotopic (exact) mass is 560 g/mol. The van der Waals surface area contributed by atoms with Crippen LogP contribution in [0.2, 0.25) is 0 Å². The van der Waals surface area contributed by atoms with Crippen LogP contribution < -0.4 is 14.8 Å². The first-order chi connectivity index (χ1) is 18.8. The number of hydrogen-bond donors (Lipinski definition) is 2. The van der Waals surface area contributed by atoms with Crippen LogP contribution in [0.15, 0.2) is 82.8 Å². The van der Waals surface area contributed by atoms with Crippen molar-refractivity contribution >= 4 is 39.3 Å². The van der Waals surface area contributed by atoms with Gasteiger partial charge in [0.25, 0.3) is 10.0 Å². The number of thioether (sulfide) groups is 1. The summed E-state index contributed by atoms with van der Waals surface area (Å²) in [7, 11) is -2.29. The zero-order valence-corrected chi connectivity index (χ0v) is 22.7. The minimum absolute atomic E-state index is 0.00742. The van der Waals surface area contributed by atoms with Crippen molar-refractivity contribution in [2.45, 2.75) is 23.3 Å². The lowest BCUT2D eigenvalue weighted by Crippen LogP contribution is -2.16. The number of aromatic nitrogens is 3. The number of hydrogen-bond acceptors (Lipinski definition) is 9. The molecule has 10 nitrogen and oxygen atoms in total. The van der Waals surface area contributed by atoms with Crippen molar-refractivity contribution in [3.63, 3.8) is 0 Å². The molecule has 2 N–H and O–H groups in total. The number of methoxy groups -OCH3 is 1. The average molecular weight is 561 g/mol. The van der Waals surface area contributed by atoms with E-state index in [0.29, 0.717) is 33.4 Å². The van der Waals surface area contributed by atoms with Crippen LogP contribution in [-0.4, -0.2) is 42.1 Å². The highest BCUT2D eigenvalue weighted by Crippen LogP contribution is 2.27. The Labute approximate surface area is 230 Å². The van der Waals surface area contributed by atoms with E-state index in [1.807, 2.05) is 24.3 Å². The van der Waals surface area contributed by atoms with Crippen molar-refractivity contribution < 1.29 is 17.9 Å². The molecule has 2 heterocycles. The molecular formula is C27H24N6O4S2. The van der Waals surface area contributed by atoms with E-state index >= 15 is 0 Å². The van der Waals surface area contributed by atoms with E-state index in [-0.39, 0.29) is 23.2 Å². The van der Waals surface area contributed by atoms with Crippen LogP contribution in [0.4, 0.5) is 11.6 Å². The van der Waals surface area contributed by atoms with E-state index in [1.165, 1.54) is 42.2 Å². The molecule has 1 amide bonds. The third kappa shape index (κ3) is 7.31. The standard InChI is InChI=1S/C27H24N6O4S2/c1-18-13-15-29-27(30-18)33-39(35,36)23-10-6-21(7-11-23)31-25(34)14-16-38-26-20(17-28)5-12-24(32-26)19-3-8-22(37-2)9-4-19/h3-13,15H,14,16H2,1-2H3,(H,31,34)(H,29,30,33). The van der Waals surface area contributed by atoms with Gasteiger partial charge in [-0.3, -0.25) is 4.79 Å². The highest BCUT2D eigenvalue weighted by atomic mass is 32.2. The Morgan fingerprint density at radius 2 is 1.77 bits per heavy atom. The third-order valence-corrected chi connectivity index (χ3v) is 7.74. The van der Waals surface area contributed by atoms with Crippen molar-refractivity contribution in [3.8, 4) is 23.1 Å². The van der Waals surface area contributed by atoms with Crippen LogP contribution in [-0.2, 0) is 14.8 Å². The Balaban J connectivity index is 1.34. The molecule has 0 saturated heterocycles. The number of pyridine rings is 1. The Bertz CT molecular complexity index is 1620. The lowest BCUT2D eigenvalue weighted by molar-refractivity contribution is -0.115. The van der Waals surface area contributed by atoms with Crippen LogP contribution in [0.5, 0.6) is 5.75 Å². The summed E-state index contributed by atoms with van der Waals surface area (Å²) < 4.78 is 32.7. The number of anilines is 2. The van der Waals surface area contributed by atoms with E-state index in [4.69, 9.17) is 4.74 Å². The van der Waals surface area contributed by atoms with Gasteiger partial charge in [-0.05, 0) is 73.7 Å². The van der Waals surface area contributed by atoms with Crippen LogP contribution in [0.3, 0.4) is 0 Å². The Hall–Kier alpha value is -4.47. The van der Waals surface area contributed by atoms with Gasteiger partial charge in [0.1, 0.15) is 16.8 Å². The van der Waals surface area contributed by atoms with E-state index < -0.39 is 10.0 Å². The van der Waals surface area contributed by atoms with E-state index in [1.54, 1.807) is 32.2 Å². The van der Waals surface area contributed by atoms with E-state index in [2.05, 4.69) is 31.1 Å². The Morgan fingerprint density at radius 3 is 2.44 bits per heavy atom. The summed E-state index contributed by atoms with van der Waals surface area (Å²) >= 11 is 1.32. The maximum absolute atomic E-state index is 12.6. The molecule has 0 bridgehead atoms. The second-order valence-electron chi connectivity index (χ2n) is 8.19. The van der Waals surface area contributed by atoms with Crippen LogP contribution in [0.25, 0.3) is 11.3 Å². The number of aryl methyl sites for hydroxylation is 1. The van der Waals surface area contributed by atoms with Gasteiger partial charge >= 0.3 is 0 Å². The number of ether oxygens (including phenoxy) is 1. The first-order valence-corrected chi connectivity index (χ1v) is 14.1. The molecule has 0 saturated carbocycles. The van der Waals surface area contributed by atoms with Crippen LogP contribution in [0, 0.1) is 18.3 Å². The molecule has 0 aliphatic rings. The van der Waals surface area contributed by atoms with Crippen molar-refractivity contribution in [3.05, 3.63) is 84.2 Å². The zero-order valence-electron chi connectivity index (χ0n) is 21.1.